The van der Waals surface area contributed by atoms with Crippen molar-refractivity contribution < 1.29 is 27.2 Å². The smallest absolute Gasteiger partial charge is 0.290 e. The zero-order chi connectivity index (χ0) is 24.1. The van der Waals surface area contributed by atoms with Gasteiger partial charge >= 0.3 is 0 Å². The van der Waals surface area contributed by atoms with E-state index in [0.29, 0.717) is 12.2 Å². The molecule has 178 valence electrons. The van der Waals surface area contributed by atoms with E-state index in [4.69, 9.17) is 9.15 Å². The monoisotopic (exact) mass is 483 g/mol. The predicted molar refractivity (Wildman–Crippen MR) is 124 cm³/mol. The average Bonchev–Trinajstić information content (AvgIpc) is 3.40. The molecular weight excluding hydrogens is 458 g/mol. The normalized spacial score (nSPS) is 15.4. The Balaban J connectivity index is 1.39. The van der Waals surface area contributed by atoms with Crippen LogP contribution < -0.4 is 14.8 Å². The number of fused-ring (bicyclic) bond motifs is 1. The third kappa shape index (κ3) is 5.13. The van der Waals surface area contributed by atoms with E-state index in [-0.39, 0.29) is 42.1 Å². The van der Waals surface area contributed by atoms with Gasteiger partial charge in [-0.2, -0.15) is 0 Å². The van der Waals surface area contributed by atoms with Crippen LogP contribution in [-0.4, -0.2) is 51.4 Å². The zero-order valence-electron chi connectivity index (χ0n) is 18.6. The van der Waals surface area contributed by atoms with E-state index < -0.39 is 16.1 Å². The molecule has 0 bridgehead atoms. The topological polar surface area (TPSA) is 118 Å². The van der Waals surface area contributed by atoms with Crippen molar-refractivity contribution in [3.63, 3.8) is 0 Å². The van der Waals surface area contributed by atoms with E-state index in [2.05, 4.69) is 10.0 Å². The molecule has 0 saturated heterocycles. The van der Waals surface area contributed by atoms with Crippen LogP contribution >= 0.6 is 0 Å². The third-order valence-corrected chi connectivity index (χ3v) is 7.11. The van der Waals surface area contributed by atoms with Gasteiger partial charge in [0.25, 0.3) is 5.91 Å². The summed E-state index contributed by atoms with van der Waals surface area (Å²) in [5.41, 5.74) is 1.96. The molecule has 2 N–H and O–H groups in total. The van der Waals surface area contributed by atoms with Crippen LogP contribution in [0.5, 0.6) is 5.75 Å². The summed E-state index contributed by atoms with van der Waals surface area (Å²) in [5, 5.41) is 2.75. The van der Waals surface area contributed by atoms with Gasteiger partial charge in [-0.25, -0.2) is 13.1 Å². The fraction of sp³-hybridized carbons (Fsp3) is 0.250. The number of ether oxygens (including phenoxy) is 1. The van der Waals surface area contributed by atoms with Crippen LogP contribution in [0.3, 0.4) is 0 Å². The molecule has 0 spiro atoms. The lowest BCUT2D eigenvalue weighted by Crippen LogP contribution is -2.53. The van der Waals surface area contributed by atoms with Crippen LogP contribution in [0.4, 0.5) is 0 Å². The number of furan rings is 1. The Kier molecular flexibility index (Phi) is 6.99. The number of carbonyl (C=O) groups excluding carboxylic acids is 2. The zero-order valence-corrected chi connectivity index (χ0v) is 19.4. The molecule has 4 rings (SSSR count). The first kappa shape index (κ1) is 23.5. The fourth-order valence-corrected chi connectivity index (χ4v) is 4.87. The summed E-state index contributed by atoms with van der Waals surface area (Å²) >= 11 is 0. The average molecular weight is 484 g/mol. The highest BCUT2D eigenvalue weighted by molar-refractivity contribution is 7.89. The van der Waals surface area contributed by atoms with Crippen LogP contribution in [0.15, 0.2) is 76.2 Å². The van der Waals surface area contributed by atoms with E-state index in [0.717, 1.165) is 11.1 Å². The van der Waals surface area contributed by atoms with Crippen molar-refractivity contribution in [2.24, 2.45) is 0 Å². The summed E-state index contributed by atoms with van der Waals surface area (Å²) in [5.74, 6) is -0.0312. The number of nitrogens with zero attached hydrogens (tertiary/aromatic N) is 1. The molecule has 2 heterocycles. The molecule has 0 saturated carbocycles. The first-order valence-corrected chi connectivity index (χ1v) is 12.2. The second-order valence-corrected chi connectivity index (χ2v) is 9.53. The van der Waals surface area contributed by atoms with Crippen molar-refractivity contribution in [1.82, 2.24) is 14.9 Å². The minimum absolute atomic E-state index is 0.00442. The van der Waals surface area contributed by atoms with E-state index in [1.165, 1.54) is 30.4 Å². The Labute approximate surface area is 197 Å². The Hall–Kier alpha value is -3.63. The van der Waals surface area contributed by atoms with Gasteiger partial charge < -0.3 is 19.4 Å². The molecule has 1 unspecified atom stereocenters. The summed E-state index contributed by atoms with van der Waals surface area (Å²) in [6.07, 6.45) is 1.77. The maximum Gasteiger partial charge on any atom is 0.290 e. The molecule has 2 amide bonds. The molecule has 0 aliphatic carbocycles. The molecule has 0 fully saturated rings. The summed E-state index contributed by atoms with van der Waals surface area (Å²) in [6.45, 7) is 0.336. The lowest BCUT2D eigenvalue weighted by molar-refractivity contribution is -0.126. The van der Waals surface area contributed by atoms with Crippen molar-refractivity contribution >= 4 is 21.8 Å². The van der Waals surface area contributed by atoms with E-state index in [9.17, 15) is 18.0 Å². The Morgan fingerprint density at radius 3 is 2.44 bits per heavy atom. The molecule has 0 radical (unpaired) electrons. The van der Waals surface area contributed by atoms with Crippen LogP contribution in [0, 0.1) is 0 Å². The van der Waals surface area contributed by atoms with Gasteiger partial charge in [0.1, 0.15) is 11.8 Å². The van der Waals surface area contributed by atoms with Gasteiger partial charge in [0.2, 0.25) is 15.9 Å². The van der Waals surface area contributed by atoms with Gasteiger partial charge in [0.05, 0.1) is 18.3 Å². The van der Waals surface area contributed by atoms with Gasteiger partial charge in [0, 0.05) is 26.1 Å². The Morgan fingerprint density at radius 2 is 1.76 bits per heavy atom. The molecule has 34 heavy (non-hydrogen) atoms. The van der Waals surface area contributed by atoms with Gasteiger partial charge in [0.15, 0.2) is 5.76 Å². The van der Waals surface area contributed by atoms with Gasteiger partial charge in [-0.3, -0.25) is 9.59 Å². The first-order valence-electron chi connectivity index (χ1n) is 10.7. The second kappa shape index (κ2) is 10.1. The summed E-state index contributed by atoms with van der Waals surface area (Å²) < 4.78 is 37.7. The fourth-order valence-electron chi connectivity index (χ4n) is 3.84. The van der Waals surface area contributed by atoms with Crippen LogP contribution in [0.25, 0.3) is 0 Å². The van der Waals surface area contributed by atoms with Crippen LogP contribution in [0.2, 0.25) is 0 Å². The molecule has 3 aromatic rings. The largest absolute Gasteiger partial charge is 0.497 e. The summed E-state index contributed by atoms with van der Waals surface area (Å²) in [6, 6.07) is 16.1. The molecule has 1 aliphatic heterocycles. The van der Waals surface area contributed by atoms with Crippen LogP contribution in [-0.2, 0) is 27.8 Å². The highest BCUT2D eigenvalue weighted by Crippen LogP contribution is 2.25. The number of hydrogen-bond acceptors (Lipinski definition) is 6. The maximum absolute atomic E-state index is 13.0. The van der Waals surface area contributed by atoms with E-state index in [1.807, 2.05) is 24.3 Å². The minimum Gasteiger partial charge on any atom is -0.497 e. The standard InChI is InChI=1S/C24H25N3O6S/c1-32-19-8-10-20(11-9-19)34(30,31)26-13-12-25-23(28)21-15-17-5-2-3-6-18(17)16-27(21)24(29)22-7-4-14-33-22/h2-11,14,21,26H,12-13,15-16H2,1H3,(H,25,28). The number of rotatable bonds is 8. The molecule has 10 heteroatoms. The molecule has 9 nitrogen and oxygen atoms in total. The van der Waals surface area contributed by atoms with E-state index in [1.54, 1.807) is 24.3 Å². The van der Waals surface area contributed by atoms with E-state index >= 15 is 0 Å². The maximum atomic E-state index is 13.0. The molecular formula is C24H25N3O6S. The van der Waals surface area contributed by atoms with Crippen molar-refractivity contribution in [3.8, 4) is 5.75 Å². The lowest BCUT2D eigenvalue weighted by Gasteiger charge is -2.35. The quantitative estimate of drug-likeness (QED) is 0.473. The second-order valence-electron chi connectivity index (χ2n) is 7.76. The number of methoxy groups -OCH3 is 1. The molecule has 1 aromatic heterocycles. The summed E-state index contributed by atoms with van der Waals surface area (Å²) in [7, 11) is -2.24. The number of amides is 2. The number of benzene rings is 2. The predicted octanol–water partition coefficient (Wildman–Crippen LogP) is 1.95. The minimum atomic E-state index is -3.74. The van der Waals surface area contributed by atoms with Crippen LogP contribution in [0.1, 0.15) is 21.7 Å². The Morgan fingerprint density at radius 1 is 1.03 bits per heavy atom. The number of sulfonamides is 1. The number of nitrogens with one attached hydrogen (secondary N) is 2. The third-order valence-electron chi connectivity index (χ3n) is 5.63. The highest BCUT2D eigenvalue weighted by Gasteiger charge is 2.35. The van der Waals surface area contributed by atoms with Crippen molar-refractivity contribution in [3.05, 3.63) is 83.8 Å². The SMILES string of the molecule is COc1ccc(S(=O)(=O)NCCNC(=O)C2Cc3ccccc3CN2C(=O)c2ccco2)cc1. The Bertz CT molecular complexity index is 1260. The van der Waals surface area contributed by atoms with Gasteiger partial charge in [-0.05, 0) is 47.5 Å². The molecule has 1 atom stereocenters. The lowest BCUT2D eigenvalue weighted by atomic mass is 9.93. The number of carbonyl (C=O) groups is 2. The molecule has 2 aromatic carbocycles. The van der Waals surface area contributed by atoms with Crippen molar-refractivity contribution in [2.75, 3.05) is 20.2 Å². The van der Waals surface area contributed by atoms with Crippen molar-refractivity contribution in [1.29, 1.82) is 0 Å². The van der Waals surface area contributed by atoms with Gasteiger partial charge in [-0.1, -0.05) is 24.3 Å². The first-order chi connectivity index (χ1) is 16.4. The van der Waals surface area contributed by atoms with Gasteiger partial charge in [-0.15, -0.1) is 0 Å². The number of hydrogen-bond donors (Lipinski definition) is 2. The summed E-state index contributed by atoms with van der Waals surface area (Å²) in [4.78, 5) is 27.6. The highest BCUT2D eigenvalue weighted by atomic mass is 32.2. The molecule has 1 aliphatic rings. The van der Waals surface area contributed by atoms with Crippen molar-refractivity contribution in [2.45, 2.75) is 23.9 Å².